The minimum absolute atomic E-state index is 0.0549. The second kappa shape index (κ2) is 11.3. The van der Waals surface area contributed by atoms with Crippen LogP contribution in [0.5, 0.6) is 5.75 Å². The number of amides is 1. The number of aromatic nitrogens is 2. The molecule has 0 saturated carbocycles. The fraction of sp³-hybridized carbons (Fsp3) is 0.192. The number of halogens is 3. The van der Waals surface area contributed by atoms with Gasteiger partial charge in [-0.3, -0.25) is 14.8 Å². The number of rotatable bonds is 8. The number of benzene rings is 1. The number of alkyl halides is 3. The zero-order chi connectivity index (χ0) is 25.4. The molecule has 2 N–H and O–H groups in total. The zero-order valence-electron chi connectivity index (χ0n) is 19.5. The van der Waals surface area contributed by atoms with Crippen molar-refractivity contribution in [3.05, 3.63) is 95.6 Å². The molecule has 0 aliphatic heterocycles. The highest BCUT2D eigenvalue weighted by molar-refractivity contribution is 6.06. The second-order valence-corrected chi connectivity index (χ2v) is 7.45. The van der Waals surface area contributed by atoms with Crippen LogP contribution in [0.15, 0.2) is 84.5 Å². The molecule has 0 atom stereocenters. The number of methoxy groups -OCH3 is 1. The summed E-state index contributed by atoms with van der Waals surface area (Å²) in [6, 6.07) is 8.32. The Bertz CT molecular complexity index is 1300. The summed E-state index contributed by atoms with van der Waals surface area (Å²) in [6.07, 6.45) is 5.77. The van der Waals surface area contributed by atoms with Crippen LogP contribution in [-0.4, -0.2) is 23.0 Å². The zero-order valence-corrected chi connectivity index (χ0v) is 19.5. The van der Waals surface area contributed by atoms with E-state index in [0.717, 1.165) is 22.5 Å². The van der Waals surface area contributed by atoms with Crippen LogP contribution in [0, 0.1) is 0 Å². The number of carbonyl (C=O) groups is 1. The Kier molecular flexibility index (Phi) is 8.25. The van der Waals surface area contributed by atoms with E-state index in [1.54, 1.807) is 51.5 Å². The Hall–Kier alpha value is -4.14. The van der Waals surface area contributed by atoms with Gasteiger partial charge in [0.2, 0.25) is 0 Å². The predicted molar refractivity (Wildman–Crippen MR) is 130 cm³/mol. The van der Waals surface area contributed by atoms with E-state index in [1.807, 2.05) is 24.3 Å². The molecule has 2 aromatic heterocycles. The number of ether oxygens (including phenoxy) is 1. The van der Waals surface area contributed by atoms with Crippen molar-refractivity contribution in [3.8, 4) is 5.75 Å². The molecular weight excluding hydrogens is 457 g/mol. The van der Waals surface area contributed by atoms with Gasteiger partial charge in [-0.2, -0.15) is 13.2 Å². The van der Waals surface area contributed by atoms with Crippen molar-refractivity contribution < 1.29 is 22.7 Å². The van der Waals surface area contributed by atoms with Crippen molar-refractivity contribution in [2.75, 3.05) is 12.4 Å². The minimum Gasteiger partial charge on any atom is -0.497 e. The number of carbonyl (C=O) groups excluding carboxylic acids is 1. The summed E-state index contributed by atoms with van der Waals surface area (Å²) < 4.78 is 44.3. The van der Waals surface area contributed by atoms with Crippen LogP contribution in [0.2, 0.25) is 0 Å². The van der Waals surface area contributed by atoms with E-state index in [2.05, 4.69) is 20.6 Å². The number of allylic oxidation sites excluding steroid dienone is 3. The standard InChI is InChI=1S/C26H25F3N4O2/c1-4-6-22(25(34)33-19-12-18(15-30-16-19)26(27,28)29)23(7-5-2)32-14-17-10-11-31-24-13-20(35-3)8-9-21(17)24/h4-13,15-16,32H,14H2,1-3H3,(H,33,34)/b6-4+,7-5-,23-22-. The van der Waals surface area contributed by atoms with Gasteiger partial charge in [0.25, 0.3) is 5.91 Å². The Balaban J connectivity index is 1.90. The molecule has 35 heavy (non-hydrogen) atoms. The molecule has 0 radical (unpaired) electrons. The van der Waals surface area contributed by atoms with Gasteiger partial charge in [0.05, 0.1) is 35.6 Å². The highest BCUT2D eigenvalue weighted by Crippen LogP contribution is 2.30. The minimum atomic E-state index is -4.56. The average Bonchev–Trinajstić information content (AvgIpc) is 2.84. The van der Waals surface area contributed by atoms with Crippen LogP contribution in [-0.2, 0) is 17.5 Å². The van der Waals surface area contributed by atoms with Gasteiger partial charge < -0.3 is 15.4 Å². The van der Waals surface area contributed by atoms with Crippen LogP contribution in [0.4, 0.5) is 18.9 Å². The van der Waals surface area contributed by atoms with Gasteiger partial charge in [-0.15, -0.1) is 0 Å². The monoisotopic (exact) mass is 482 g/mol. The summed E-state index contributed by atoms with van der Waals surface area (Å²) in [5, 5.41) is 6.71. The van der Waals surface area contributed by atoms with Crippen LogP contribution in [0.25, 0.3) is 10.9 Å². The van der Waals surface area contributed by atoms with Gasteiger partial charge >= 0.3 is 6.18 Å². The highest BCUT2D eigenvalue weighted by Gasteiger charge is 2.31. The summed E-state index contributed by atoms with van der Waals surface area (Å²) in [4.78, 5) is 21.0. The number of hydrogen-bond donors (Lipinski definition) is 2. The number of anilines is 1. The predicted octanol–water partition coefficient (Wildman–Crippen LogP) is 5.79. The molecule has 0 unspecified atom stereocenters. The van der Waals surface area contributed by atoms with Crippen molar-refractivity contribution in [1.29, 1.82) is 0 Å². The normalized spacial score (nSPS) is 12.7. The van der Waals surface area contributed by atoms with Crippen LogP contribution < -0.4 is 15.4 Å². The molecule has 3 rings (SSSR count). The van der Waals surface area contributed by atoms with Crippen molar-refractivity contribution in [3.63, 3.8) is 0 Å². The van der Waals surface area contributed by atoms with Crippen molar-refractivity contribution in [1.82, 2.24) is 15.3 Å². The summed E-state index contributed by atoms with van der Waals surface area (Å²) in [5.74, 6) is 0.120. The molecule has 6 nitrogen and oxygen atoms in total. The first-order valence-electron chi connectivity index (χ1n) is 10.8. The maximum Gasteiger partial charge on any atom is 0.417 e. The Morgan fingerprint density at radius 2 is 1.86 bits per heavy atom. The van der Waals surface area contributed by atoms with Crippen LogP contribution in [0.3, 0.4) is 0 Å². The van der Waals surface area contributed by atoms with E-state index in [-0.39, 0.29) is 11.3 Å². The first-order valence-corrected chi connectivity index (χ1v) is 10.8. The average molecular weight is 483 g/mol. The lowest BCUT2D eigenvalue weighted by molar-refractivity contribution is -0.137. The fourth-order valence-electron chi connectivity index (χ4n) is 3.39. The van der Waals surface area contributed by atoms with Gasteiger partial charge in [-0.25, -0.2) is 0 Å². The molecule has 0 fully saturated rings. The van der Waals surface area contributed by atoms with E-state index in [1.165, 1.54) is 6.20 Å². The SMILES string of the molecule is C\C=C/C(NCc1ccnc2cc(OC)ccc12)=C(\C=C\C)C(=O)Nc1cncc(C(F)(F)F)c1. The van der Waals surface area contributed by atoms with Gasteiger partial charge in [0, 0.05) is 36.1 Å². The number of fused-ring (bicyclic) bond motifs is 1. The molecule has 2 heterocycles. The molecule has 0 aliphatic carbocycles. The smallest absolute Gasteiger partial charge is 0.417 e. The van der Waals surface area contributed by atoms with E-state index in [4.69, 9.17) is 4.74 Å². The summed E-state index contributed by atoms with van der Waals surface area (Å²) >= 11 is 0. The Morgan fingerprint density at radius 1 is 1.09 bits per heavy atom. The van der Waals surface area contributed by atoms with Crippen molar-refractivity contribution in [2.24, 2.45) is 0 Å². The Morgan fingerprint density at radius 3 is 2.54 bits per heavy atom. The summed E-state index contributed by atoms with van der Waals surface area (Å²) in [5.41, 5.74) is 1.47. The third kappa shape index (κ3) is 6.47. The summed E-state index contributed by atoms with van der Waals surface area (Å²) in [7, 11) is 1.59. The molecular formula is C26H25F3N4O2. The van der Waals surface area contributed by atoms with Crippen molar-refractivity contribution >= 4 is 22.5 Å². The van der Waals surface area contributed by atoms with Gasteiger partial charge in [-0.1, -0.05) is 18.2 Å². The Labute approximate surface area is 201 Å². The maximum atomic E-state index is 13.0. The van der Waals surface area contributed by atoms with Gasteiger partial charge in [0.15, 0.2) is 0 Å². The first kappa shape index (κ1) is 25.5. The number of pyridine rings is 2. The maximum absolute atomic E-state index is 13.0. The molecule has 0 spiro atoms. The molecule has 3 aromatic rings. The van der Waals surface area contributed by atoms with E-state index in [9.17, 15) is 18.0 Å². The lowest BCUT2D eigenvalue weighted by Gasteiger charge is -2.15. The molecule has 1 aromatic carbocycles. The molecule has 0 aliphatic rings. The molecule has 1 amide bonds. The highest BCUT2D eigenvalue weighted by atomic mass is 19.4. The van der Waals surface area contributed by atoms with Crippen molar-refractivity contribution in [2.45, 2.75) is 26.6 Å². The third-order valence-corrected chi connectivity index (χ3v) is 5.03. The van der Waals surface area contributed by atoms with Gasteiger partial charge in [-0.05, 0) is 49.8 Å². The number of hydrogen-bond acceptors (Lipinski definition) is 5. The second-order valence-electron chi connectivity index (χ2n) is 7.45. The molecule has 182 valence electrons. The third-order valence-electron chi connectivity index (χ3n) is 5.03. The fourth-order valence-corrected chi connectivity index (χ4v) is 3.39. The summed E-state index contributed by atoms with van der Waals surface area (Å²) in [6.45, 7) is 3.93. The van der Waals surface area contributed by atoms with E-state index < -0.39 is 17.6 Å². The lowest BCUT2D eigenvalue weighted by Crippen LogP contribution is -2.21. The topological polar surface area (TPSA) is 76.1 Å². The first-order chi connectivity index (χ1) is 16.8. The molecule has 0 bridgehead atoms. The largest absolute Gasteiger partial charge is 0.497 e. The number of nitrogens with zero attached hydrogens (tertiary/aromatic N) is 2. The van der Waals surface area contributed by atoms with Crippen LogP contribution in [0.1, 0.15) is 25.0 Å². The lowest BCUT2D eigenvalue weighted by atomic mass is 10.1. The van der Waals surface area contributed by atoms with Gasteiger partial charge in [0.1, 0.15) is 5.75 Å². The van der Waals surface area contributed by atoms with E-state index in [0.29, 0.717) is 24.2 Å². The number of nitrogens with one attached hydrogen (secondary N) is 2. The van der Waals surface area contributed by atoms with E-state index >= 15 is 0 Å². The van der Waals surface area contributed by atoms with Crippen LogP contribution >= 0.6 is 0 Å². The molecule has 0 saturated heterocycles. The molecule has 9 heteroatoms. The quantitative estimate of drug-likeness (QED) is 0.314.